The summed E-state index contributed by atoms with van der Waals surface area (Å²) in [4.78, 5) is 39.9. The quantitative estimate of drug-likeness (QED) is 0.672. The summed E-state index contributed by atoms with van der Waals surface area (Å²) in [5, 5.41) is 12.6. The molecule has 2 aromatic rings. The lowest BCUT2D eigenvalue weighted by Crippen LogP contribution is -2.63. The Labute approximate surface area is 199 Å². The number of ether oxygens (including phenoxy) is 1. The Morgan fingerprint density at radius 1 is 1.12 bits per heavy atom. The highest BCUT2D eigenvalue weighted by Gasteiger charge is 2.67. The summed E-state index contributed by atoms with van der Waals surface area (Å²) in [5.74, 6) is -1.39. The van der Waals surface area contributed by atoms with Gasteiger partial charge in [0.05, 0.1) is 0 Å². The molecule has 5 rings (SSSR count). The zero-order chi connectivity index (χ0) is 24.1. The normalized spacial score (nSPS) is 24.3. The highest BCUT2D eigenvalue weighted by Crippen LogP contribution is 2.55. The molecule has 0 spiro atoms. The van der Waals surface area contributed by atoms with Gasteiger partial charge in [-0.1, -0.05) is 55.5 Å². The van der Waals surface area contributed by atoms with Crippen molar-refractivity contribution in [3.63, 3.8) is 0 Å². The van der Waals surface area contributed by atoms with E-state index < -0.39 is 23.1 Å². The van der Waals surface area contributed by atoms with Crippen LogP contribution in [0.25, 0.3) is 11.1 Å². The lowest BCUT2D eigenvalue weighted by Gasteiger charge is -2.40. The Bertz CT molecular complexity index is 1120. The largest absolute Gasteiger partial charge is 0.479 e. The van der Waals surface area contributed by atoms with Crippen molar-refractivity contribution in [1.82, 2.24) is 10.2 Å². The first kappa shape index (κ1) is 22.4. The van der Waals surface area contributed by atoms with Crippen LogP contribution in [0.3, 0.4) is 0 Å². The van der Waals surface area contributed by atoms with E-state index >= 15 is 0 Å². The van der Waals surface area contributed by atoms with Gasteiger partial charge in [-0.2, -0.15) is 0 Å². The number of nitrogens with zero attached hydrogens (tertiary/aromatic N) is 1. The number of carboxylic acids is 1. The van der Waals surface area contributed by atoms with Crippen molar-refractivity contribution >= 4 is 18.0 Å². The third-order valence-electron chi connectivity index (χ3n) is 8.01. The summed E-state index contributed by atoms with van der Waals surface area (Å²) in [7, 11) is 0. The Hall–Kier alpha value is -3.35. The molecule has 7 nitrogen and oxygen atoms in total. The molecule has 1 heterocycles. The number of fused-ring (bicyclic) bond motifs is 4. The number of amides is 2. The third-order valence-corrected chi connectivity index (χ3v) is 8.01. The molecule has 2 N–H and O–H groups in total. The number of carbonyl (C=O) groups is 3. The van der Waals surface area contributed by atoms with Gasteiger partial charge in [0, 0.05) is 12.5 Å². The van der Waals surface area contributed by atoms with E-state index in [-0.39, 0.29) is 24.3 Å². The zero-order valence-corrected chi connectivity index (χ0v) is 19.5. The first-order valence-electron chi connectivity index (χ1n) is 12.0. The van der Waals surface area contributed by atoms with E-state index in [2.05, 4.69) is 29.6 Å². The fourth-order valence-electron chi connectivity index (χ4n) is 5.79. The molecule has 1 saturated heterocycles. The van der Waals surface area contributed by atoms with E-state index in [4.69, 9.17) is 4.74 Å². The van der Waals surface area contributed by atoms with Crippen molar-refractivity contribution in [3.8, 4) is 11.1 Å². The molecule has 0 aromatic heterocycles. The molecular weight excluding hydrogens is 432 g/mol. The van der Waals surface area contributed by atoms with Gasteiger partial charge >= 0.3 is 12.1 Å². The number of nitrogens with one attached hydrogen (secondary N) is 1. The number of alkyl carbamates (subject to hydrolysis) is 1. The van der Waals surface area contributed by atoms with Gasteiger partial charge < -0.3 is 20.1 Å². The molecule has 34 heavy (non-hydrogen) atoms. The van der Waals surface area contributed by atoms with E-state index in [0.717, 1.165) is 35.1 Å². The molecule has 3 aliphatic rings. The summed E-state index contributed by atoms with van der Waals surface area (Å²) in [6, 6.07) is 16.2. The number of hydrogen-bond acceptors (Lipinski definition) is 4. The molecule has 2 amide bonds. The third kappa shape index (κ3) is 3.37. The second-order valence-corrected chi connectivity index (χ2v) is 9.87. The fraction of sp³-hybridized carbons (Fsp3) is 0.444. The zero-order valence-electron chi connectivity index (χ0n) is 19.5. The van der Waals surface area contributed by atoms with Crippen LogP contribution in [0.4, 0.5) is 4.79 Å². The highest BCUT2D eigenvalue weighted by molar-refractivity contribution is 5.96. The van der Waals surface area contributed by atoms with Crippen molar-refractivity contribution < 1.29 is 24.2 Å². The molecule has 0 radical (unpaired) electrons. The van der Waals surface area contributed by atoms with Crippen LogP contribution >= 0.6 is 0 Å². The summed E-state index contributed by atoms with van der Waals surface area (Å²) in [6.45, 7) is 4.00. The van der Waals surface area contributed by atoms with Crippen molar-refractivity contribution in [3.05, 3.63) is 59.7 Å². The Morgan fingerprint density at radius 3 is 2.32 bits per heavy atom. The maximum Gasteiger partial charge on any atom is 0.408 e. The molecule has 178 valence electrons. The summed E-state index contributed by atoms with van der Waals surface area (Å²) in [5.41, 5.74) is 2.15. The maximum absolute atomic E-state index is 13.5. The van der Waals surface area contributed by atoms with Crippen molar-refractivity contribution in [2.24, 2.45) is 5.92 Å². The number of carbonyl (C=O) groups excluding carboxylic acids is 2. The number of benzene rings is 2. The van der Waals surface area contributed by atoms with Crippen molar-refractivity contribution in [2.75, 3.05) is 13.2 Å². The minimum Gasteiger partial charge on any atom is -0.479 e. The standard InChI is InChI=1S/C27H30N2O5/c1-3-26(2,23(30)29-14-8-9-17-15-27(17,29)24(31)32)28-25(33)34-16-22-20-12-6-4-10-18(20)19-11-5-7-13-21(19)22/h4-7,10-13,17,22H,3,8-9,14-16H2,1-2H3,(H,28,33)(H,31,32)/t17-,26?,27+/m1/s1. The topological polar surface area (TPSA) is 95.9 Å². The number of aliphatic carboxylic acids is 1. The van der Waals surface area contributed by atoms with E-state index in [9.17, 15) is 19.5 Å². The number of hydrogen-bond donors (Lipinski definition) is 2. The van der Waals surface area contributed by atoms with Crippen LogP contribution in [0.5, 0.6) is 0 Å². The molecule has 1 aliphatic heterocycles. The number of piperidine rings is 1. The van der Waals surface area contributed by atoms with Gasteiger partial charge in [-0.05, 0) is 60.8 Å². The fourth-order valence-corrected chi connectivity index (χ4v) is 5.79. The van der Waals surface area contributed by atoms with Crippen LogP contribution in [-0.2, 0) is 14.3 Å². The van der Waals surface area contributed by atoms with Gasteiger partial charge in [-0.15, -0.1) is 0 Å². The van der Waals surface area contributed by atoms with Gasteiger partial charge in [0.15, 0.2) is 0 Å². The lowest BCUT2D eigenvalue weighted by molar-refractivity contribution is -0.157. The summed E-state index contributed by atoms with van der Waals surface area (Å²) in [6.07, 6.45) is 1.73. The van der Waals surface area contributed by atoms with Crippen LogP contribution in [-0.4, -0.2) is 52.2 Å². The van der Waals surface area contributed by atoms with Gasteiger partial charge in [0.2, 0.25) is 5.91 Å². The van der Waals surface area contributed by atoms with Gasteiger partial charge in [-0.25, -0.2) is 9.59 Å². The van der Waals surface area contributed by atoms with Crippen LogP contribution in [0, 0.1) is 5.92 Å². The molecule has 0 bridgehead atoms. The molecule has 2 aromatic carbocycles. The average Bonchev–Trinajstić information content (AvgIpc) is 3.53. The highest BCUT2D eigenvalue weighted by atomic mass is 16.5. The Morgan fingerprint density at radius 2 is 1.74 bits per heavy atom. The lowest BCUT2D eigenvalue weighted by atomic mass is 9.93. The molecule has 1 unspecified atom stereocenters. The van der Waals surface area contributed by atoms with E-state index in [0.29, 0.717) is 19.4 Å². The first-order valence-corrected chi connectivity index (χ1v) is 12.0. The average molecular weight is 463 g/mol. The maximum atomic E-state index is 13.5. The van der Waals surface area contributed by atoms with Crippen molar-refractivity contribution in [1.29, 1.82) is 0 Å². The van der Waals surface area contributed by atoms with Crippen molar-refractivity contribution in [2.45, 2.75) is 56.5 Å². The molecule has 7 heteroatoms. The van der Waals surface area contributed by atoms with Gasteiger partial charge in [-0.3, -0.25) is 4.79 Å². The minimum absolute atomic E-state index is 0.00161. The molecule has 3 atom stereocenters. The predicted molar refractivity (Wildman–Crippen MR) is 126 cm³/mol. The second-order valence-electron chi connectivity index (χ2n) is 9.87. The van der Waals surface area contributed by atoms with Gasteiger partial charge in [0.1, 0.15) is 17.7 Å². The van der Waals surface area contributed by atoms with Gasteiger partial charge in [0.25, 0.3) is 0 Å². The van der Waals surface area contributed by atoms with Crippen LogP contribution in [0.15, 0.2) is 48.5 Å². The predicted octanol–water partition coefficient (Wildman–Crippen LogP) is 4.16. The SMILES string of the molecule is CCC(C)(NC(=O)OCC1c2ccccc2-c2ccccc21)C(=O)N1CCC[C@@H]2C[C@@]21C(=O)O. The monoisotopic (exact) mass is 462 g/mol. The number of likely N-dealkylation sites (tertiary alicyclic amines) is 1. The van der Waals surface area contributed by atoms with E-state index in [1.54, 1.807) is 6.92 Å². The van der Waals surface area contributed by atoms with Crippen LogP contribution in [0.1, 0.15) is 56.6 Å². The smallest absolute Gasteiger partial charge is 0.408 e. The Kier molecular flexibility index (Phi) is 5.38. The minimum atomic E-state index is -1.24. The molecular formula is C27H30N2O5. The summed E-state index contributed by atoms with van der Waals surface area (Å²) < 4.78 is 5.65. The van der Waals surface area contributed by atoms with E-state index in [1.807, 2.05) is 31.2 Å². The molecule has 2 aliphatic carbocycles. The number of carboxylic acid groups (broad SMARTS) is 1. The number of rotatable bonds is 6. The first-order chi connectivity index (χ1) is 16.3. The Balaban J connectivity index is 1.29. The van der Waals surface area contributed by atoms with Crippen LogP contribution < -0.4 is 5.32 Å². The molecule has 2 fully saturated rings. The summed E-state index contributed by atoms with van der Waals surface area (Å²) >= 11 is 0. The second kappa shape index (κ2) is 8.15. The van der Waals surface area contributed by atoms with E-state index in [1.165, 1.54) is 4.90 Å². The molecule has 1 saturated carbocycles. The van der Waals surface area contributed by atoms with Crippen LogP contribution in [0.2, 0.25) is 0 Å².